The molecule has 1 aromatic carbocycles. The number of benzene rings is 1. The van der Waals surface area contributed by atoms with E-state index in [1.807, 2.05) is 49.5 Å². The van der Waals surface area contributed by atoms with Gasteiger partial charge in [0.2, 0.25) is 5.96 Å². The monoisotopic (exact) mass is 419 g/mol. The molecule has 1 fully saturated rings. The van der Waals surface area contributed by atoms with Crippen molar-refractivity contribution in [2.75, 3.05) is 25.5 Å². The van der Waals surface area contributed by atoms with Gasteiger partial charge in [0.1, 0.15) is 0 Å². The summed E-state index contributed by atoms with van der Waals surface area (Å²) < 4.78 is 0. The van der Waals surface area contributed by atoms with Gasteiger partial charge in [0.05, 0.1) is 5.70 Å². The van der Waals surface area contributed by atoms with Gasteiger partial charge >= 0.3 is 0 Å². The van der Waals surface area contributed by atoms with E-state index in [1.165, 1.54) is 0 Å². The predicted molar refractivity (Wildman–Crippen MR) is 125 cm³/mol. The van der Waals surface area contributed by atoms with E-state index < -0.39 is 0 Å². The second-order valence-corrected chi connectivity index (χ2v) is 8.11. The van der Waals surface area contributed by atoms with Gasteiger partial charge in [-0.1, -0.05) is 30.8 Å². The van der Waals surface area contributed by atoms with Crippen LogP contribution in [0.15, 0.2) is 84.4 Å². The molecule has 0 radical (unpaired) electrons. The molecular formula is C24H26ClN5. The third kappa shape index (κ3) is 4.41. The lowest BCUT2D eigenvalue weighted by Crippen LogP contribution is -2.48. The lowest BCUT2D eigenvalue weighted by Gasteiger charge is -2.40. The van der Waals surface area contributed by atoms with Crippen LogP contribution in [0.1, 0.15) is 18.4 Å². The molecule has 6 heteroatoms. The van der Waals surface area contributed by atoms with Crippen LogP contribution in [0.4, 0.5) is 5.69 Å². The summed E-state index contributed by atoms with van der Waals surface area (Å²) in [5.74, 6) is 1.24. The van der Waals surface area contributed by atoms with Crippen molar-refractivity contribution in [3.8, 4) is 0 Å². The molecule has 5 nitrogen and oxygen atoms in total. The first-order chi connectivity index (χ1) is 14.5. The highest BCUT2D eigenvalue weighted by molar-refractivity contribution is 6.30. The number of guanidine groups is 1. The van der Waals surface area contributed by atoms with Crippen molar-refractivity contribution >= 4 is 28.9 Å². The van der Waals surface area contributed by atoms with Crippen LogP contribution in [0.3, 0.4) is 0 Å². The zero-order valence-electron chi connectivity index (χ0n) is 17.2. The first-order valence-corrected chi connectivity index (χ1v) is 10.5. The fraction of sp³-hybridized carbons (Fsp3) is 0.250. The second kappa shape index (κ2) is 8.76. The summed E-state index contributed by atoms with van der Waals surface area (Å²) in [6.07, 6.45) is 7.76. The zero-order chi connectivity index (χ0) is 21.1. The molecule has 1 N–H and O–H groups in total. The number of anilines is 1. The van der Waals surface area contributed by atoms with Crippen LogP contribution >= 0.6 is 11.6 Å². The lowest BCUT2D eigenvalue weighted by molar-refractivity contribution is 0.264. The molecule has 0 saturated carbocycles. The number of pyridine rings is 1. The number of halogens is 1. The Morgan fingerprint density at radius 1 is 1.23 bits per heavy atom. The smallest absolute Gasteiger partial charge is 0.206 e. The van der Waals surface area contributed by atoms with Crippen LogP contribution in [0.25, 0.3) is 5.70 Å². The Kier molecular flexibility index (Phi) is 5.91. The van der Waals surface area contributed by atoms with Crippen molar-refractivity contribution in [3.63, 3.8) is 0 Å². The Balaban J connectivity index is 1.51. The van der Waals surface area contributed by atoms with Crippen LogP contribution in [0.2, 0.25) is 5.02 Å². The minimum absolute atomic E-state index is 0.317. The van der Waals surface area contributed by atoms with Gasteiger partial charge in [-0.3, -0.25) is 4.98 Å². The van der Waals surface area contributed by atoms with Crippen LogP contribution in [0.5, 0.6) is 0 Å². The maximum atomic E-state index is 6.12. The third-order valence-corrected chi connectivity index (χ3v) is 5.79. The number of hydrogen-bond acceptors (Lipinski definition) is 5. The highest BCUT2D eigenvalue weighted by Crippen LogP contribution is 2.29. The van der Waals surface area contributed by atoms with E-state index in [0.717, 1.165) is 60.2 Å². The molecule has 1 atom stereocenters. The van der Waals surface area contributed by atoms with Crippen LogP contribution in [-0.4, -0.2) is 40.9 Å². The highest BCUT2D eigenvalue weighted by atomic mass is 35.5. The summed E-state index contributed by atoms with van der Waals surface area (Å²) in [5.41, 5.74) is 4.84. The number of aromatic nitrogens is 1. The molecule has 2 aliphatic heterocycles. The normalized spacial score (nSPS) is 19.3. The molecule has 3 heterocycles. The number of allylic oxidation sites excluding steroid dienone is 1. The first kappa shape index (κ1) is 20.2. The number of likely N-dealkylation sites (tertiary alicyclic amines) is 1. The number of aliphatic imine (C=N–C) groups is 1. The first-order valence-electron chi connectivity index (χ1n) is 10.1. The summed E-state index contributed by atoms with van der Waals surface area (Å²) in [6, 6.07) is 11.7. The Bertz CT molecular complexity index is 1010. The molecule has 0 amide bonds. The molecule has 1 aromatic heterocycles. The molecule has 2 aliphatic rings. The van der Waals surface area contributed by atoms with Gasteiger partial charge in [0.25, 0.3) is 0 Å². The van der Waals surface area contributed by atoms with Crippen molar-refractivity contribution in [1.82, 2.24) is 14.8 Å². The predicted octanol–water partition coefficient (Wildman–Crippen LogP) is 5.23. The molecule has 2 aromatic rings. The maximum absolute atomic E-state index is 6.12. The summed E-state index contributed by atoms with van der Waals surface area (Å²) >= 11 is 6.12. The number of nitrogens with one attached hydrogen (secondary N) is 1. The molecule has 4 rings (SSSR count). The topological polar surface area (TPSA) is 43.8 Å². The number of nitrogens with zero attached hydrogens (tertiary/aromatic N) is 4. The van der Waals surface area contributed by atoms with E-state index in [0.29, 0.717) is 10.9 Å². The highest BCUT2D eigenvalue weighted by Gasteiger charge is 2.28. The minimum Gasteiger partial charge on any atom is -0.359 e. The number of rotatable bonds is 4. The van der Waals surface area contributed by atoms with E-state index in [-0.39, 0.29) is 0 Å². The van der Waals surface area contributed by atoms with Gasteiger partial charge in [-0.15, -0.1) is 0 Å². The van der Waals surface area contributed by atoms with E-state index >= 15 is 0 Å². The van der Waals surface area contributed by atoms with Gasteiger partial charge in [-0.05, 0) is 49.2 Å². The molecule has 0 bridgehead atoms. The molecule has 1 unspecified atom stereocenters. The molecule has 30 heavy (non-hydrogen) atoms. The molecule has 0 spiro atoms. The molecule has 0 aliphatic carbocycles. The Morgan fingerprint density at radius 3 is 2.80 bits per heavy atom. The quantitative estimate of drug-likeness (QED) is 0.737. The van der Waals surface area contributed by atoms with Gasteiger partial charge in [-0.2, -0.15) is 0 Å². The molecular weight excluding hydrogens is 394 g/mol. The molecule has 154 valence electrons. The average molecular weight is 420 g/mol. The van der Waals surface area contributed by atoms with Crippen molar-refractivity contribution < 1.29 is 0 Å². The Labute approximate surface area is 183 Å². The van der Waals surface area contributed by atoms with Crippen molar-refractivity contribution in [2.45, 2.75) is 12.8 Å². The number of hydrogen-bond donors (Lipinski definition) is 1. The molecule has 1 saturated heterocycles. The van der Waals surface area contributed by atoms with Crippen LogP contribution < -0.4 is 5.32 Å². The number of likely N-dealkylation sites (N-methyl/N-ethyl adjacent to an activating group) is 1. The Hall–Kier alpha value is -3.05. The van der Waals surface area contributed by atoms with Gasteiger partial charge in [-0.25, -0.2) is 4.99 Å². The summed E-state index contributed by atoms with van der Waals surface area (Å²) in [7, 11) is 2.02. The van der Waals surface area contributed by atoms with E-state index in [4.69, 9.17) is 16.6 Å². The summed E-state index contributed by atoms with van der Waals surface area (Å²) in [5, 5.41) is 4.15. The second-order valence-electron chi connectivity index (χ2n) is 7.67. The summed E-state index contributed by atoms with van der Waals surface area (Å²) in [4.78, 5) is 13.5. The van der Waals surface area contributed by atoms with Gasteiger partial charge in [0.15, 0.2) is 0 Å². The lowest BCUT2D eigenvalue weighted by atomic mass is 9.95. The largest absolute Gasteiger partial charge is 0.359 e. The van der Waals surface area contributed by atoms with Gasteiger partial charge in [0, 0.05) is 66.1 Å². The van der Waals surface area contributed by atoms with E-state index in [1.54, 1.807) is 12.4 Å². The van der Waals surface area contributed by atoms with E-state index in [9.17, 15) is 0 Å². The fourth-order valence-corrected chi connectivity index (χ4v) is 4.04. The number of piperidine rings is 1. The summed E-state index contributed by atoms with van der Waals surface area (Å²) in [6.45, 7) is 10.3. The van der Waals surface area contributed by atoms with E-state index in [2.05, 4.69) is 33.3 Å². The van der Waals surface area contributed by atoms with Crippen molar-refractivity contribution in [2.24, 2.45) is 10.9 Å². The Morgan fingerprint density at radius 2 is 2.03 bits per heavy atom. The van der Waals surface area contributed by atoms with Crippen molar-refractivity contribution in [3.05, 3.63) is 90.0 Å². The average Bonchev–Trinajstić information content (AvgIpc) is 2.76. The van der Waals surface area contributed by atoms with Gasteiger partial charge < -0.3 is 15.1 Å². The maximum Gasteiger partial charge on any atom is 0.206 e. The minimum atomic E-state index is 0.317. The van der Waals surface area contributed by atoms with Crippen LogP contribution in [-0.2, 0) is 0 Å². The van der Waals surface area contributed by atoms with Crippen molar-refractivity contribution in [1.29, 1.82) is 0 Å². The standard InChI is InChI=1S/C24H26ClN5/c1-17-14-23(19-9-11-26-12-10-19)28-24(29(17)3)30-13-5-6-20(16-30)18(2)27-22-8-4-7-21(25)15-22/h4,7-12,14-15,20,27H,1-2,5-6,13,16H2,3H3. The zero-order valence-corrected chi connectivity index (χ0v) is 17.9. The van der Waals surface area contributed by atoms with Crippen LogP contribution in [0, 0.1) is 5.92 Å². The third-order valence-electron chi connectivity index (χ3n) is 5.56. The fourth-order valence-electron chi connectivity index (χ4n) is 3.85. The SMILES string of the molecule is C=C(Nc1cccc(Cl)c1)C1CCCN(C2=NC(c3ccncc3)=CC(=C)N2C)C1.